The lowest BCUT2D eigenvalue weighted by atomic mass is 9.78. The van der Waals surface area contributed by atoms with Gasteiger partial charge in [-0.15, -0.1) is 0 Å². The first kappa shape index (κ1) is 17.0. The van der Waals surface area contributed by atoms with Crippen LogP contribution in [0.5, 0.6) is 0 Å². The number of nitrogens with one attached hydrogen (secondary N) is 1. The highest BCUT2D eigenvalue weighted by atomic mass is 16.5. The number of nitrogens with zero attached hydrogens (tertiary/aromatic N) is 2. The minimum Gasteiger partial charge on any atom is -0.633 e. The van der Waals surface area contributed by atoms with Gasteiger partial charge >= 0.3 is 0 Å². The van der Waals surface area contributed by atoms with Gasteiger partial charge in [-0.2, -0.15) is 0 Å². The first-order valence-electron chi connectivity index (χ1n) is 9.75. The number of quaternary nitrogens is 1. The molecule has 2 unspecified atom stereocenters. The van der Waals surface area contributed by atoms with Crippen molar-refractivity contribution in [3.8, 4) is 0 Å². The smallest absolute Gasteiger partial charge is 0.229 e. The van der Waals surface area contributed by atoms with Gasteiger partial charge in [0.25, 0.3) is 0 Å². The molecule has 5 nitrogen and oxygen atoms in total. The third kappa shape index (κ3) is 3.89. The minimum absolute atomic E-state index is 0.0571. The van der Waals surface area contributed by atoms with E-state index in [1.165, 1.54) is 5.56 Å². The van der Waals surface area contributed by atoms with Gasteiger partial charge in [-0.25, -0.2) is 0 Å². The van der Waals surface area contributed by atoms with Gasteiger partial charge in [0.05, 0.1) is 25.6 Å². The number of likely N-dealkylation sites (tertiary alicyclic amines) is 1. The standard InChI is InChI=1S/C20H29N3O2/c24-20(19-15-23(25)12-8-17(19)9-13-23)21-18-7-11-22(14-18)10-6-16-4-2-1-3-5-16/h1-5,17-19H,6-15H2,(H,21,24). The number of rotatable bonds is 5. The number of fused-ring (bicyclic) bond motifs is 3. The fourth-order valence-electron chi connectivity index (χ4n) is 4.84. The number of hydroxylamine groups is 3. The minimum atomic E-state index is -0.136. The summed E-state index contributed by atoms with van der Waals surface area (Å²) >= 11 is 0. The van der Waals surface area contributed by atoms with Crippen molar-refractivity contribution >= 4 is 5.91 Å². The number of benzene rings is 1. The molecule has 2 bridgehead atoms. The zero-order chi connectivity index (χ0) is 17.3. The molecule has 2 atom stereocenters. The van der Waals surface area contributed by atoms with Crippen LogP contribution in [0.25, 0.3) is 0 Å². The maximum atomic E-state index is 12.7. The number of hydrogen-bond donors (Lipinski definition) is 1. The SMILES string of the molecule is O=C(NC1CCN(CCc2ccccc2)C1)C1C[N+]2([O-])CCC1CC2. The Morgan fingerprint density at radius 3 is 2.68 bits per heavy atom. The molecular formula is C20H29N3O2. The van der Waals surface area contributed by atoms with Crippen molar-refractivity contribution in [2.24, 2.45) is 11.8 Å². The summed E-state index contributed by atoms with van der Waals surface area (Å²) < 4.78 is -0.136. The summed E-state index contributed by atoms with van der Waals surface area (Å²) in [5, 5.41) is 15.8. The molecule has 4 saturated heterocycles. The second-order valence-corrected chi connectivity index (χ2v) is 8.16. The second-order valence-electron chi connectivity index (χ2n) is 8.16. The Labute approximate surface area is 150 Å². The zero-order valence-electron chi connectivity index (χ0n) is 14.9. The van der Waals surface area contributed by atoms with E-state index in [0.29, 0.717) is 25.6 Å². The second kappa shape index (κ2) is 7.06. The molecular weight excluding hydrogens is 314 g/mol. The lowest BCUT2D eigenvalue weighted by Gasteiger charge is -2.55. The van der Waals surface area contributed by atoms with Crippen molar-refractivity contribution in [3.63, 3.8) is 0 Å². The van der Waals surface area contributed by atoms with Crippen molar-refractivity contribution in [2.75, 3.05) is 39.3 Å². The predicted molar refractivity (Wildman–Crippen MR) is 97.6 cm³/mol. The molecule has 136 valence electrons. The first-order chi connectivity index (χ1) is 12.1. The molecule has 4 aliphatic heterocycles. The van der Waals surface area contributed by atoms with E-state index in [9.17, 15) is 10.0 Å². The van der Waals surface area contributed by atoms with Crippen molar-refractivity contribution in [1.29, 1.82) is 0 Å². The summed E-state index contributed by atoms with van der Waals surface area (Å²) in [5.41, 5.74) is 1.37. The van der Waals surface area contributed by atoms with Crippen molar-refractivity contribution in [1.82, 2.24) is 10.2 Å². The van der Waals surface area contributed by atoms with Crippen molar-refractivity contribution < 1.29 is 9.44 Å². The summed E-state index contributed by atoms with van der Waals surface area (Å²) in [5.74, 6) is 0.514. The Morgan fingerprint density at radius 2 is 1.96 bits per heavy atom. The van der Waals surface area contributed by atoms with E-state index < -0.39 is 0 Å². The van der Waals surface area contributed by atoms with Crippen molar-refractivity contribution in [3.05, 3.63) is 41.1 Å². The molecule has 4 fully saturated rings. The van der Waals surface area contributed by atoms with Gasteiger partial charge in [-0.3, -0.25) is 4.79 Å². The maximum Gasteiger partial charge on any atom is 0.229 e. The van der Waals surface area contributed by atoms with Crippen LogP contribution in [0.3, 0.4) is 0 Å². The molecule has 4 aliphatic rings. The quantitative estimate of drug-likeness (QED) is 0.655. The van der Waals surface area contributed by atoms with Gasteiger partial charge in [-0.05, 0) is 24.3 Å². The van der Waals surface area contributed by atoms with E-state index in [1.807, 2.05) is 6.07 Å². The third-order valence-electron chi connectivity index (χ3n) is 6.43. The lowest BCUT2D eigenvalue weighted by Crippen LogP contribution is -2.61. The van der Waals surface area contributed by atoms with E-state index >= 15 is 0 Å². The average Bonchev–Trinajstić information content (AvgIpc) is 3.08. The zero-order valence-corrected chi connectivity index (χ0v) is 14.9. The van der Waals surface area contributed by atoms with Gasteiger partial charge in [0.2, 0.25) is 5.91 Å². The number of amides is 1. The Morgan fingerprint density at radius 1 is 1.20 bits per heavy atom. The van der Waals surface area contributed by atoms with Crippen LogP contribution in [0.4, 0.5) is 0 Å². The van der Waals surface area contributed by atoms with Gasteiger partial charge in [-0.1, -0.05) is 30.3 Å². The van der Waals surface area contributed by atoms with Gasteiger partial charge < -0.3 is 20.1 Å². The number of carbonyl (C=O) groups excluding carboxylic acids is 1. The molecule has 4 heterocycles. The van der Waals surface area contributed by atoms with Crippen LogP contribution in [0.1, 0.15) is 24.8 Å². The highest BCUT2D eigenvalue weighted by Gasteiger charge is 2.45. The van der Waals surface area contributed by atoms with E-state index in [4.69, 9.17) is 0 Å². The topological polar surface area (TPSA) is 55.4 Å². The van der Waals surface area contributed by atoms with E-state index in [2.05, 4.69) is 34.5 Å². The van der Waals surface area contributed by atoms with E-state index in [-0.39, 0.29) is 22.5 Å². The monoisotopic (exact) mass is 343 g/mol. The van der Waals surface area contributed by atoms with Gasteiger partial charge in [0.1, 0.15) is 0 Å². The molecule has 1 N–H and O–H groups in total. The number of piperidine rings is 3. The maximum absolute atomic E-state index is 12.7. The van der Waals surface area contributed by atoms with Crippen LogP contribution in [-0.2, 0) is 11.2 Å². The van der Waals surface area contributed by atoms with Crippen LogP contribution in [-0.4, -0.2) is 60.8 Å². The lowest BCUT2D eigenvalue weighted by molar-refractivity contribution is -0.900. The Hall–Kier alpha value is -1.43. The van der Waals surface area contributed by atoms with Crippen LogP contribution < -0.4 is 5.32 Å². The molecule has 0 aromatic heterocycles. The summed E-state index contributed by atoms with van der Waals surface area (Å²) in [6.07, 6.45) is 3.93. The summed E-state index contributed by atoms with van der Waals surface area (Å²) in [6.45, 7) is 4.96. The molecule has 5 rings (SSSR count). The predicted octanol–water partition coefficient (Wildman–Crippen LogP) is 1.77. The number of hydrogen-bond acceptors (Lipinski definition) is 3. The van der Waals surface area contributed by atoms with Gasteiger partial charge in [0, 0.05) is 38.5 Å². The third-order valence-corrected chi connectivity index (χ3v) is 6.43. The first-order valence-corrected chi connectivity index (χ1v) is 9.75. The van der Waals surface area contributed by atoms with Crippen molar-refractivity contribution in [2.45, 2.75) is 31.7 Å². The summed E-state index contributed by atoms with van der Waals surface area (Å²) in [6, 6.07) is 10.8. The van der Waals surface area contributed by atoms with E-state index in [0.717, 1.165) is 45.3 Å². The Bertz CT molecular complexity index is 598. The van der Waals surface area contributed by atoms with E-state index in [1.54, 1.807) is 0 Å². The largest absolute Gasteiger partial charge is 0.633 e. The van der Waals surface area contributed by atoms with Crippen LogP contribution in [0.15, 0.2) is 30.3 Å². The molecule has 0 radical (unpaired) electrons. The Balaban J connectivity index is 1.24. The summed E-state index contributed by atoms with van der Waals surface area (Å²) in [7, 11) is 0. The summed E-state index contributed by atoms with van der Waals surface area (Å²) in [4.78, 5) is 15.1. The van der Waals surface area contributed by atoms with Crippen LogP contribution in [0.2, 0.25) is 0 Å². The molecule has 0 saturated carbocycles. The average molecular weight is 343 g/mol. The Kier molecular flexibility index (Phi) is 4.80. The highest BCUT2D eigenvalue weighted by molar-refractivity contribution is 5.79. The van der Waals surface area contributed by atoms with Gasteiger partial charge in [0.15, 0.2) is 0 Å². The molecule has 0 aliphatic carbocycles. The highest BCUT2D eigenvalue weighted by Crippen LogP contribution is 2.37. The molecule has 1 amide bonds. The molecule has 1 aromatic carbocycles. The molecule has 5 heteroatoms. The van der Waals surface area contributed by atoms with Crippen LogP contribution >= 0.6 is 0 Å². The normalized spacial score (nSPS) is 35.0. The number of carbonyl (C=O) groups is 1. The molecule has 1 aromatic rings. The fourth-order valence-corrected chi connectivity index (χ4v) is 4.84. The molecule has 25 heavy (non-hydrogen) atoms. The fraction of sp³-hybridized carbons (Fsp3) is 0.650. The van der Waals surface area contributed by atoms with Crippen LogP contribution in [0, 0.1) is 17.0 Å². The molecule has 0 spiro atoms.